The molecule has 3 nitrogen and oxygen atoms in total. The van der Waals surface area contributed by atoms with Crippen molar-refractivity contribution >= 4 is 5.69 Å². The van der Waals surface area contributed by atoms with Crippen LogP contribution in [0, 0.1) is 6.92 Å². The van der Waals surface area contributed by atoms with Gasteiger partial charge in [0, 0.05) is 18.8 Å². The van der Waals surface area contributed by atoms with Crippen LogP contribution in [0.25, 0.3) is 0 Å². The highest BCUT2D eigenvalue weighted by Crippen LogP contribution is 2.27. The molecule has 1 unspecified atom stereocenters. The van der Waals surface area contributed by atoms with Gasteiger partial charge >= 0.3 is 0 Å². The molecule has 3 heteroatoms. The molecule has 0 aliphatic carbocycles. The summed E-state index contributed by atoms with van der Waals surface area (Å²) < 4.78 is 0. The van der Waals surface area contributed by atoms with E-state index in [9.17, 15) is 5.11 Å². The van der Waals surface area contributed by atoms with Crippen molar-refractivity contribution in [1.29, 1.82) is 0 Å². The van der Waals surface area contributed by atoms with Gasteiger partial charge in [-0.3, -0.25) is 0 Å². The van der Waals surface area contributed by atoms with Crippen molar-refractivity contribution in [3.63, 3.8) is 0 Å². The van der Waals surface area contributed by atoms with E-state index in [-0.39, 0.29) is 6.54 Å². The summed E-state index contributed by atoms with van der Waals surface area (Å²) >= 11 is 0. The lowest BCUT2D eigenvalue weighted by atomic mass is 9.98. The summed E-state index contributed by atoms with van der Waals surface area (Å²) in [4.78, 5) is 0. The Kier molecular flexibility index (Phi) is 4.77. The molecule has 0 aliphatic heterocycles. The Morgan fingerprint density at radius 3 is 2.62 bits per heavy atom. The van der Waals surface area contributed by atoms with E-state index in [4.69, 9.17) is 5.73 Å². The summed E-state index contributed by atoms with van der Waals surface area (Å²) in [5.74, 6) is 0.470. The lowest BCUT2D eigenvalue weighted by Crippen LogP contribution is -2.28. The molecule has 0 saturated carbocycles. The number of hydrogen-bond acceptors (Lipinski definition) is 3. The topological polar surface area (TPSA) is 58.3 Å². The number of anilines is 1. The lowest BCUT2D eigenvalue weighted by Gasteiger charge is -2.18. The largest absolute Gasteiger partial charge is 0.390 e. The third kappa shape index (κ3) is 3.22. The Balaban J connectivity index is 2.84. The molecule has 0 heterocycles. The Morgan fingerprint density at radius 1 is 1.38 bits per heavy atom. The van der Waals surface area contributed by atoms with Crippen LogP contribution in [0.5, 0.6) is 0 Å². The van der Waals surface area contributed by atoms with Gasteiger partial charge < -0.3 is 16.2 Å². The van der Waals surface area contributed by atoms with Crippen LogP contribution in [0.1, 0.15) is 30.9 Å². The number of nitrogens with one attached hydrogen (secondary N) is 1. The van der Waals surface area contributed by atoms with Crippen LogP contribution in [-0.2, 0) is 0 Å². The average molecular weight is 222 g/mol. The quantitative estimate of drug-likeness (QED) is 0.712. The van der Waals surface area contributed by atoms with Gasteiger partial charge in [-0.15, -0.1) is 0 Å². The van der Waals surface area contributed by atoms with Gasteiger partial charge in [-0.2, -0.15) is 0 Å². The second-order valence-electron chi connectivity index (χ2n) is 4.46. The highest BCUT2D eigenvalue weighted by Gasteiger charge is 2.09. The van der Waals surface area contributed by atoms with Gasteiger partial charge in [-0.25, -0.2) is 0 Å². The van der Waals surface area contributed by atoms with Gasteiger partial charge in [0.2, 0.25) is 0 Å². The third-order valence-electron chi connectivity index (χ3n) is 2.71. The second-order valence-corrected chi connectivity index (χ2v) is 4.46. The fourth-order valence-electron chi connectivity index (χ4n) is 1.72. The maximum Gasteiger partial charge on any atom is 0.0834 e. The summed E-state index contributed by atoms with van der Waals surface area (Å²) in [5.41, 5.74) is 9.00. The molecule has 1 rings (SSSR count). The zero-order valence-electron chi connectivity index (χ0n) is 10.3. The van der Waals surface area contributed by atoms with E-state index in [0.29, 0.717) is 12.5 Å². The van der Waals surface area contributed by atoms with Crippen LogP contribution in [0.15, 0.2) is 18.2 Å². The van der Waals surface area contributed by atoms with Crippen molar-refractivity contribution in [3.05, 3.63) is 29.3 Å². The Morgan fingerprint density at radius 2 is 2.06 bits per heavy atom. The molecule has 16 heavy (non-hydrogen) atoms. The Labute approximate surface area is 97.7 Å². The lowest BCUT2D eigenvalue weighted by molar-refractivity contribution is 0.196. The van der Waals surface area contributed by atoms with Gasteiger partial charge in [0.05, 0.1) is 6.10 Å². The molecule has 0 radical (unpaired) electrons. The zero-order valence-corrected chi connectivity index (χ0v) is 10.3. The Bertz CT molecular complexity index is 337. The minimum absolute atomic E-state index is 0.288. The van der Waals surface area contributed by atoms with E-state index in [1.54, 1.807) is 0 Å². The van der Waals surface area contributed by atoms with E-state index in [1.165, 1.54) is 11.1 Å². The van der Waals surface area contributed by atoms with Crippen LogP contribution < -0.4 is 11.1 Å². The summed E-state index contributed by atoms with van der Waals surface area (Å²) in [6.45, 7) is 7.19. The van der Waals surface area contributed by atoms with E-state index in [2.05, 4.69) is 44.3 Å². The van der Waals surface area contributed by atoms with Crippen LogP contribution in [0.2, 0.25) is 0 Å². The molecule has 90 valence electrons. The van der Waals surface area contributed by atoms with Crippen LogP contribution in [-0.4, -0.2) is 24.3 Å². The van der Waals surface area contributed by atoms with E-state index in [0.717, 1.165) is 5.69 Å². The molecule has 1 atom stereocenters. The first-order valence-electron chi connectivity index (χ1n) is 5.77. The number of benzene rings is 1. The van der Waals surface area contributed by atoms with Gasteiger partial charge in [-0.1, -0.05) is 32.0 Å². The maximum atomic E-state index is 9.45. The highest BCUT2D eigenvalue weighted by molar-refractivity contribution is 5.58. The molecule has 0 amide bonds. The molecule has 0 saturated heterocycles. The summed E-state index contributed by atoms with van der Waals surface area (Å²) in [6.07, 6.45) is -0.486. The fourth-order valence-corrected chi connectivity index (χ4v) is 1.72. The molecule has 1 aromatic rings. The van der Waals surface area contributed by atoms with E-state index >= 15 is 0 Å². The second kappa shape index (κ2) is 5.87. The highest BCUT2D eigenvalue weighted by atomic mass is 16.3. The monoisotopic (exact) mass is 222 g/mol. The summed E-state index contributed by atoms with van der Waals surface area (Å²) in [7, 11) is 0. The van der Waals surface area contributed by atoms with Gasteiger partial charge in [-0.05, 0) is 24.0 Å². The summed E-state index contributed by atoms with van der Waals surface area (Å²) in [6, 6.07) is 6.26. The van der Waals surface area contributed by atoms with Crippen molar-refractivity contribution in [2.24, 2.45) is 5.73 Å². The predicted octanol–water partition coefficient (Wildman–Crippen LogP) is 1.85. The number of hydrogen-bond donors (Lipinski definition) is 3. The third-order valence-corrected chi connectivity index (χ3v) is 2.71. The van der Waals surface area contributed by atoms with Crippen molar-refractivity contribution in [2.75, 3.05) is 18.4 Å². The molecule has 0 aliphatic rings. The number of aliphatic hydroxyl groups is 1. The smallest absolute Gasteiger partial charge is 0.0834 e. The van der Waals surface area contributed by atoms with Crippen LogP contribution in [0.4, 0.5) is 5.69 Å². The molecule has 0 fully saturated rings. The molecule has 0 aromatic heterocycles. The minimum atomic E-state index is -0.486. The van der Waals surface area contributed by atoms with Crippen molar-refractivity contribution < 1.29 is 5.11 Å². The molecule has 0 spiro atoms. The van der Waals surface area contributed by atoms with Gasteiger partial charge in [0.15, 0.2) is 0 Å². The predicted molar refractivity (Wildman–Crippen MR) is 68.8 cm³/mol. The van der Waals surface area contributed by atoms with Gasteiger partial charge in [0.1, 0.15) is 0 Å². The number of para-hydroxylation sites is 1. The standard InChI is InChI=1S/C13H22N2O/c1-9(2)12-6-4-5-10(3)13(12)15-8-11(16)7-14/h4-6,9,11,15-16H,7-8,14H2,1-3H3. The Hall–Kier alpha value is -1.06. The number of aryl methyl sites for hydroxylation is 1. The number of nitrogens with two attached hydrogens (primary N) is 1. The first-order valence-corrected chi connectivity index (χ1v) is 5.77. The number of rotatable bonds is 5. The first kappa shape index (κ1) is 13.0. The van der Waals surface area contributed by atoms with Crippen molar-refractivity contribution in [3.8, 4) is 0 Å². The SMILES string of the molecule is Cc1cccc(C(C)C)c1NCC(O)CN. The fraction of sp³-hybridized carbons (Fsp3) is 0.538. The minimum Gasteiger partial charge on any atom is -0.390 e. The van der Waals surface area contributed by atoms with Crippen LogP contribution >= 0.6 is 0 Å². The van der Waals surface area contributed by atoms with Crippen molar-refractivity contribution in [2.45, 2.75) is 32.8 Å². The van der Waals surface area contributed by atoms with E-state index < -0.39 is 6.10 Å². The van der Waals surface area contributed by atoms with E-state index in [1.807, 2.05) is 0 Å². The molecule has 1 aromatic carbocycles. The average Bonchev–Trinajstić information content (AvgIpc) is 2.26. The normalized spacial score (nSPS) is 12.9. The molecule has 0 bridgehead atoms. The van der Waals surface area contributed by atoms with Crippen molar-refractivity contribution in [1.82, 2.24) is 0 Å². The number of aliphatic hydroxyl groups excluding tert-OH is 1. The maximum absolute atomic E-state index is 9.45. The first-order chi connectivity index (χ1) is 7.56. The summed E-state index contributed by atoms with van der Waals surface area (Å²) in [5, 5.41) is 12.7. The molecular formula is C13H22N2O. The molecular weight excluding hydrogens is 200 g/mol. The molecule has 4 N–H and O–H groups in total. The van der Waals surface area contributed by atoms with Gasteiger partial charge in [0.25, 0.3) is 0 Å². The zero-order chi connectivity index (χ0) is 12.1. The van der Waals surface area contributed by atoms with Crippen LogP contribution in [0.3, 0.4) is 0 Å².